The summed E-state index contributed by atoms with van der Waals surface area (Å²) in [5, 5.41) is 0. The van der Waals surface area contributed by atoms with E-state index >= 15 is 0 Å². The lowest BCUT2D eigenvalue weighted by atomic mass is 10.2. The molecular formula is C15H22N2O2S. The van der Waals surface area contributed by atoms with Gasteiger partial charge in [0, 0.05) is 36.1 Å². The quantitative estimate of drug-likeness (QED) is 0.801. The molecule has 2 heterocycles. The molecule has 0 N–H and O–H groups in total. The molecular weight excluding hydrogens is 272 g/mol. The number of carbonyl (C=O) groups is 1. The van der Waals surface area contributed by atoms with E-state index in [0.717, 1.165) is 25.3 Å². The molecule has 1 saturated heterocycles. The zero-order chi connectivity index (χ0) is 14.6. The fourth-order valence-electron chi connectivity index (χ4n) is 2.11. The topological polar surface area (TPSA) is 42.4 Å². The maximum Gasteiger partial charge on any atom is 0.410 e. The van der Waals surface area contributed by atoms with Crippen molar-refractivity contribution in [3.8, 4) is 0 Å². The summed E-state index contributed by atoms with van der Waals surface area (Å²) < 4.78 is 5.40. The van der Waals surface area contributed by atoms with Crippen molar-refractivity contribution >= 4 is 17.9 Å². The van der Waals surface area contributed by atoms with Crippen LogP contribution in [0.3, 0.4) is 0 Å². The number of amides is 1. The maximum atomic E-state index is 12.0. The van der Waals surface area contributed by atoms with Gasteiger partial charge in [-0.05, 0) is 45.2 Å². The number of pyridine rings is 1. The Kier molecular flexibility index (Phi) is 4.91. The second-order valence-corrected chi connectivity index (χ2v) is 7.17. The van der Waals surface area contributed by atoms with Gasteiger partial charge in [0.15, 0.2) is 0 Å². The van der Waals surface area contributed by atoms with Gasteiger partial charge in [0.05, 0.1) is 0 Å². The Balaban J connectivity index is 1.76. The summed E-state index contributed by atoms with van der Waals surface area (Å²) in [6.07, 6.45) is 4.49. The number of carbonyl (C=O) groups excluding carboxylic acids is 1. The third kappa shape index (κ3) is 4.71. The summed E-state index contributed by atoms with van der Waals surface area (Å²) in [7, 11) is 0. The molecule has 1 aromatic heterocycles. The van der Waals surface area contributed by atoms with E-state index in [1.807, 2.05) is 62.0 Å². The molecule has 20 heavy (non-hydrogen) atoms. The molecule has 1 fully saturated rings. The third-order valence-electron chi connectivity index (χ3n) is 3.07. The van der Waals surface area contributed by atoms with Gasteiger partial charge in [0.25, 0.3) is 0 Å². The molecule has 0 radical (unpaired) electrons. The van der Waals surface area contributed by atoms with Gasteiger partial charge in [-0.2, -0.15) is 0 Å². The molecule has 1 amide bonds. The van der Waals surface area contributed by atoms with E-state index in [-0.39, 0.29) is 6.09 Å². The minimum atomic E-state index is -0.416. The molecule has 1 atom stereocenters. The van der Waals surface area contributed by atoms with Crippen LogP contribution in [-0.4, -0.2) is 40.4 Å². The molecule has 1 aliphatic rings. The summed E-state index contributed by atoms with van der Waals surface area (Å²) in [5.41, 5.74) is -0.416. The van der Waals surface area contributed by atoms with E-state index in [9.17, 15) is 4.79 Å². The Bertz CT molecular complexity index is 445. The molecule has 0 unspecified atom stereocenters. The van der Waals surface area contributed by atoms with Crippen LogP contribution in [-0.2, 0) is 4.74 Å². The van der Waals surface area contributed by atoms with Crippen molar-refractivity contribution in [2.24, 2.45) is 5.92 Å². The lowest BCUT2D eigenvalue weighted by Crippen LogP contribution is -2.35. The highest BCUT2D eigenvalue weighted by atomic mass is 32.2. The molecule has 4 nitrogen and oxygen atoms in total. The van der Waals surface area contributed by atoms with Gasteiger partial charge < -0.3 is 9.64 Å². The van der Waals surface area contributed by atoms with E-state index < -0.39 is 5.60 Å². The van der Waals surface area contributed by atoms with Crippen LogP contribution < -0.4 is 0 Å². The Morgan fingerprint density at radius 3 is 2.80 bits per heavy atom. The monoisotopic (exact) mass is 294 g/mol. The van der Waals surface area contributed by atoms with Gasteiger partial charge >= 0.3 is 6.09 Å². The zero-order valence-electron chi connectivity index (χ0n) is 12.3. The number of hydrogen-bond donors (Lipinski definition) is 0. The predicted octanol–water partition coefficient (Wildman–Crippen LogP) is 3.43. The smallest absolute Gasteiger partial charge is 0.410 e. The van der Waals surface area contributed by atoms with Gasteiger partial charge in [0.2, 0.25) is 0 Å². The number of hydrogen-bond acceptors (Lipinski definition) is 4. The Labute approximate surface area is 124 Å². The van der Waals surface area contributed by atoms with Gasteiger partial charge in [0.1, 0.15) is 5.60 Å². The summed E-state index contributed by atoms with van der Waals surface area (Å²) in [4.78, 5) is 19.0. The van der Waals surface area contributed by atoms with Gasteiger partial charge in [-0.25, -0.2) is 4.79 Å². The standard InChI is InChI=1S/C15H22N2O2S/c1-15(2,3)19-14(18)17-9-6-12(10-17)11-20-13-4-7-16-8-5-13/h4-5,7-8,12H,6,9-11H2,1-3H3/t12-/m0/s1. The lowest BCUT2D eigenvalue weighted by molar-refractivity contribution is 0.0289. The minimum absolute atomic E-state index is 0.186. The fourth-order valence-corrected chi connectivity index (χ4v) is 3.12. The van der Waals surface area contributed by atoms with E-state index in [1.54, 1.807) is 0 Å². The summed E-state index contributed by atoms with van der Waals surface area (Å²) in [6.45, 7) is 7.30. The Morgan fingerprint density at radius 1 is 1.45 bits per heavy atom. The van der Waals surface area contributed by atoms with Crippen molar-refractivity contribution in [2.45, 2.75) is 37.7 Å². The molecule has 0 saturated carbocycles. The van der Waals surface area contributed by atoms with E-state index in [2.05, 4.69) is 4.98 Å². The number of likely N-dealkylation sites (tertiary alicyclic amines) is 1. The van der Waals surface area contributed by atoms with Crippen LogP contribution >= 0.6 is 11.8 Å². The highest BCUT2D eigenvalue weighted by Gasteiger charge is 2.29. The number of thioether (sulfide) groups is 1. The largest absolute Gasteiger partial charge is 0.444 e. The van der Waals surface area contributed by atoms with Gasteiger partial charge in [-0.15, -0.1) is 11.8 Å². The van der Waals surface area contributed by atoms with Gasteiger partial charge in [-0.1, -0.05) is 0 Å². The van der Waals surface area contributed by atoms with Crippen LogP contribution in [0.4, 0.5) is 4.79 Å². The van der Waals surface area contributed by atoms with Crippen molar-refractivity contribution in [1.82, 2.24) is 9.88 Å². The van der Waals surface area contributed by atoms with Crippen LogP contribution in [0.1, 0.15) is 27.2 Å². The summed E-state index contributed by atoms with van der Waals surface area (Å²) in [5.74, 6) is 1.57. The summed E-state index contributed by atoms with van der Waals surface area (Å²) >= 11 is 1.83. The van der Waals surface area contributed by atoms with Crippen LogP contribution in [0.2, 0.25) is 0 Å². The average Bonchev–Trinajstić information content (AvgIpc) is 2.84. The molecule has 0 aliphatic carbocycles. The van der Waals surface area contributed by atoms with Crippen LogP contribution in [0.25, 0.3) is 0 Å². The average molecular weight is 294 g/mol. The molecule has 2 rings (SSSR count). The first-order valence-electron chi connectivity index (χ1n) is 6.95. The van der Waals surface area contributed by atoms with E-state index in [0.29, 0.717) is 5.92 Å². The molecule has 0 bridgehead atoms. The third-order valence-corrected chi connectivity index (χ3v) is 4.32. The van der Waals surface area contributed by atoms with Crippen molar-refractivity contribution in [3.05, 3.63) is 24.5 Å². The molecule has 0 aromatic carbocycles. The zero-order valence-corrected chi connectivity index (χ0v) is 13.2. The van der Waals surface area contributed by atoms with E-state index in [1.165, 1.54) is 4.90 Å². The van der Waals surface area contributed by atoms with Crippen LogP contribution in [0.15, 0.2) is 29.4 Å². The molecule has 0 spiro atoms. The summed E-state index contributed by atoms with van der Waals surface area (Å²) in [6, 6.07) is 4.04. The number of nitrogens with zero attached hydrogens (tertiary/aromatic N) is 2. The first-order chi connectivity index (χ1) is 9.44. The van der Waals surface area contributed by atoms with Gasteiger partial charge in [-0.3, -0.25) is 4.98 Å². The first kappa shape index (κ1) is 15.2. The van der Waals surface area contributed by atoms with Crippen molar-refractivity contribution in [3.63, 3.8) is 0 Å². The molecule has 1 aromatic rings. The number of ether oxygens (including phenoxy) is 1. The van der Waals surface area contributed by atoms with Crippen LogP contribution in [0.5, 0.6) is 0 Å². The SMILES string of the molecule is CC(C)(C)OC(=O)N1CC[C@H](CSc2ccncc2)C1. The van der Waals surface area contributed by atoms with Crippen molar-refractivity contribution in [2.75, 3.05) is 18.8 Å². The highest BCUT2D eigenvalue weighted by molar-refractivity contribution is 7.99. The Morgan fingerprint density at radius 2 is 2.15 bits per heavy atom. The normalized spacial score (nSPS) is 19.1. The lowest BCUT2D eigenvalue weighted by Gasteiger charge is -2.24. The highest BCUT2D eigenvalue weighted by Crippen LogP contribution is 2.26. The van der Waals surface area contributed by atoms with E-state index in [4.69, 9.17) is 4.74 Å². The molecule has 110 valence electrons. The maximum absolute atomic E-state index is 12.0. The first-order valence-corrected chi connectivity index (χ1v) is 7.93. The van der Waals surface area contributed by atoms with Crippen molar-refractivity contribution < 1.29 is 9.53 Å². The second kappa shape index (κ2) is 6.48. The minimum Gasteiger partial charge on any atom is -0.444 e. The fraction of sp³-hybridized carbons (Fsp3) is 0.600. The number of rotatable bonds is 3. The second-order valence-electron chi connectivity index (χ2n) is 6.07. The van der Waals surface area contributed by atoms with Crippen molar-refractivity contribution in [1.29, 1.82) is 0 Å². The number of aromatic nitrogens is 1. The molecule has 1 aliphatic heterocycles. The predicted molar refractivity (Wildman–Crippen MR) is 80.9 cm³/mol. The Hall–Kier alpha value is -1.23. The van der Waals surface area contributed by atoms with Crippen LogP contribution in [0, 0.1) is 5.92 Å². The molecule has 5 heteroatoms.